The number of nitrogens with one attached hydrogen (secondary N) is 2. The number of benzene rings is 3. The summed E-state index contributed by atoms with van der Waals surface area (Å²) in [6.07, 6.45) is 1.77. The van der Waals surface area contributed by atoms with Crippen LogP contribution in [-0.4, -0.2) is 18.3 Å². The second-order valence-electron chi connectivity index (χ2n) is 6.91. The number of nitro groups is 1. The molecule has 0 fully saturated rings. The number of aromatic amines is 1. The Morgan fingerprint density at radius 1 is 1.03 bits per heavy atom. The van der Waals surface area contributed by atoms with Crippen molar-refractivity contribution in [2.75, 3.05) is 4.72 Å². The number of non-ortho nitro benzene ring substituents is 1. The van der Waals surface area contributed by atoms with Crippen LogP contribution in [0.5, 0.6) is 11.5 Å². The van der Waals surface area contributed by atoms with E-state index in [1.165, 1.54) is 24.3 Å². The van der Waals surface area contributed by atoms with E-state index in [1.807, 2.05) is 6.07 Å². The van der Waals surface area contributed by atoms with Crippen LogP contribution < -0.4 is 9.46 Å². The predicted octanol–water partition coefficient (Wildman–Crippen LogP) is 6.28. The first-order valence-electron chi connectivity index (χ1n) is 9.16. The zero-order valence-corrected chi connectivity index (χ0v) is 18.8. The van der Waals surface area contributed by atoms with E-state index in [9.17, 15) is 18.5 Å². The number of halogens is 2. The number of fused-ring (bicyclic) bond motifs is 1. The zero-order valence-electron chi connectivity index (χ0n) is 16.4. The lowest BCUT2D eigenvalue weighted by Gasteiger charge is -2.14. The molecule has 1 heterocycles. The first-order chi connectivity index (χ1) is 15.1. The SMILES string of the molecule is Cc1cc(S(=O)(=O)Nc2ccc3[nH]ccc3c2)cc(Cl)c1Oc1ccc([N+](=O)[O-])cc1Cl. The lowest BCUT2D eigenvalue weighted by atomic mass is 10.2. The van der Waals surface area contributed by atoms with Crippen molar-refractivity contribution in [1.29, 1.82) is 0 Å². The standard InChI is InChI=1S/C21H15Cl2N3O5S/c1-12-8-16(32(29,30)25-14-2-4-19-13(9-14)6-7-24-19)11-18(23)21(12)31-20-5-3-15(26(27)28)10-17(20)22/h2-11,24-25H,1H3. The summed E-state index contributed by atoms with van der Waals surface area (Å²) in [6.45, 7) is 1.63. The number of nitrogens with zero attached hydrogens (tertiary/aromatic N) is 1. The van der Waals surface area contributed by atoms with Gasteiger partial charge in [0.2, 0.25) is 0 Å². The van der Waals surface area contributed by atoms with Gasteiger partial charge in [-0.2, -0.15) is 0 Å². The quantitative estimate of drug-likeness (QED) is 0.243. The van der Waals surface area contributed by atoms with E-state index in [0.29, 0.717) is 11.3 Å². The van der Waals surface area contributed by atoms with Gasteiger partial charge in [0.1, 0.15) is 11.5 Å². The molecule has 164 valence electrons. The molecule has 32 heavy (non-hydrogen) atoms. The number of ether oxygens (including phenoxy) is 1. The van der Waals surface area contributed by atoms with Gasteiger partial charge in [-0.05, 0) is 55.0 Å². The van der Waals surface area contributed by atoms with Crippen molar-refractivity contribution in [3.05, 3.63) is 86.5 Å². The maximum Gasteiger partial charge on any atom is 0.271 e. The predicted molar refractivity (Wildman–Crippen MR) is 123 cm³/mol. The molecule has 8 nitrogen and oxygen atoms in total. The second-order valence-corrected chi connectivity index (χ2v) is 9.41. The second kappa shape index (κ2) is 8.34. The van der Waals surface area contributed by atoms with Gasteiger partial charge < -0.3 is 9.72 Å². The molecule has 0 saturated carbocycles. The molecule has 0 unspecified atom stereocenters. The number of nitro benzene ring substituents is 1. The topological polar surface area (TPSA) is 114 Å². The fourth-order valence-corrected chi connectivity index (χ4v) is 4.85. The molecule has 0 spiro atoms. The third kappa shape index (κ3) is 4.36. The van der Waals surface area contributed by atoms with Crippen LogP contribution in [0.15, 0.2) is 65.7 Å². The van der Waals surface area contributed by atoms with Gasteiger partial charge in [0.15, 0.2) is 0 Å². The molecule has 0 amide bonds. The summed E-state index contributed by atoms with van der Waals surface area (Å²) in [4.78, 5) is 13.3. The van der Waals surface area contributed by atoms with Crippen LogP contribution in [0.4, 0.5) is 11.4 Å². The van der Waals surface area contributed by atoms with Crippen molar-refractivity contribution in [2.45, 2.75) is 11.8 Å². The van der Waals surface area contributed by atoms with E-state index in [-0.39, 0.29) is 32.1 Å². The van der Waals surface area contributed by atoms with Crippen molar-refractivity contribution < 1.29 is 18.1 Å². The van der Waals surface area contributed by atoms with Gasteiger partial charge >= 0.3 is 0 Å². The monoisotopic (exact) mass is 491 g/mol. The highest BCUT2D eigenvalue weighted by molar-refractivity contribution is 7.92. The third-order valence-electron chi connectivity index (χ3n) is 4.66. The third-order valence-corrected chi connectivity index (χ3v) is 6.59. The van der Waals surface area contributed by atoms with E-state index < -0.39 is 14.9 Å². The molecule has 0 radical (unpaired) electrons. The molecular weight excluding hydrogens is 477 g/mol. The minimum Gasteiger partial charge on any atom is -0.454 e. The Bertz CT molecular complexity index is 1440. The maximum atomic E-state index is 12.9. The van der Waals surface area contributed by atoms with Crippen LogP contribution in [0.3, 0.4) is 0 Å². The minimum absolute atomic E-state index is 0.0215. The van der Waals surface area contributed by atoms with E-state index >= 15 is 0 Å². The largest absolute Gasteiger partial charge is 0.454 e. The highest BCUT2D eigenvalue weighted by Gasteiger charge is 2.20. The molecule has 0 bridgehead atoms. The molecule has 0 atom stereocenters. The van der Waals surface area contributed by atoms with Gasteiger partial charge in [0.05, 0.1) is 19.9 Å². The van der Waals surface area contributed by atoms with Gasteiger partial charge in [0, 0.05) is 34.9 Å². The molecular formula is C21H15Cl2N3O5S. The van der Waals surface area contributed by atoms with Crippen LogP contribution in [-0.2, 0) is 10.0 Å². The molecule has 4 aromatic rings. The summed E-state index contributed by atoms with van der Waals surface area (Å²) in [7, 11) is -3.92. The van der Waals surface area contributed by atoms with Gasteiger partial charge in [-0.3, -0.25) is 14.8 Å². The number of anilines is 1. The highest BCUT2D eigenvalue weighted by atomic mass is 35.5. The van der Waals surface area contributed by atoms with Crippen molar-refractivity contribution in [2.24, 2.45) is 0 Å². The van der Waals surface area contributed by atoms with E-state index in [0.717, 1.165) is 17.0 Å². The first-order valence-corrected chi connectivity index (χ1v) is 11.4. The van der Waals surface area contributed by atoms with Crippen molar-refractivity contribution in [3.8, 4) is 11.5 Å². The van der Waals surface area contributed by atoms with Crippen LogP contribution in [0.25, 0.3) is 10.9 Å². The van der Waals surface area contributed by atoms with Gasteiger partial charge in [-0.15, -0.1) is 0 Å². The first kappa shape index (κ1) is 21.9. The summed E-state index contributed by atoms with van der Waals surface area (Å²) in [5, 5.41) is 11.8. The number of sulfonamides is 1. The summed E-state index contributed by atoms with van der Waals surface area (Å²) in [6, 6.07) is 13.4. The Hall–Kier alpha value is -3.27. The summed E-state index contributed by atoms with van der Waals surface area (Å²) in [5.41, 5.74) is 1.55. The normalized spacial score (nSPS) is 11.5. The number of aryl methyl sites for hydroxylation is 1. The fourth-order valence-electron chi connectivity index (χ4n) is 3.11. The molecule has 3 aromatic carbocycles. The molecule has 0 aliphatic carbocycles. The molecule has 4 rings (SSSR count). The van der Waals surface area contributed by atoms with E-state index in [4.69, 9.17) is 27.9 Å². The van der Waals surface area contributed by atoms with E-state index in [2.05, 4.69) is 9.71 Å². The molecule has 2 N–H and O–H groups in total. The van der Waals surface area contributed by atoms with Gasteiger partial charge in [0.25, 0.3) is 15.7 Å². The lowest BCUT2D eigenvalue weighted by Crippen LogP contribution is -2.13. The Labute approximate surface area is 192 Å². The summed E-state index contributed by atoms with van der Waals surface area (Å²) >= 11 is 12.4. The number of aromatic nitrogens is 1. The van der Waals surface area contributed by atoms with Gasteiger partial charge in [-0.25, -0.2) is 8.42 Å². The number of hydrogen-bond donors (Lipinski definition) is 2. The molecule has 0 aliphatic heterocycles. The highest BCUT2D eigenvalue weighted by Crippen LogP contribution is 2.39. The lowest BCUT2D eigenvalue weighted by molar-refractivity contribution is -0.384. The van der Waals surface area contributed by atoms with Crippen molar-refractivity contribution in [1.82, 2.24) is 4.98 Å². The van der Waals surface area contributed by atoms with Gasteiger partial charge in [-0.1, -0.05) is 23.2 Å². The Morgan fingerprint density at radius 2 is 1.81 bits per heavy atom. The summed E-state index contributed by atoms with van der Waals surface area (Å²) < 4.78 is 34.1. The molecule has 0 saturated heterocycles. The van der Waals surface area contributed by atoms with Crippen molar-refractivity contribution in [3.63, 3.8) is 0 Å². The maximum absolute atomic E-state index is 12.9. The zero-order chi connectivity index (χ0) is 23.0. The average Bonchev–Trinajstić information content (AvgIpc) is 3.19. The number of rotatable bonds is 6. The molecule has 1 aromatic heterocycles. The smallest absolute Gasteiger partial charge is 0.271 e. The van der Waals surface area contributed by atoms with Crippen LogP contribution in [0, 0.1) is 17.0 Å². The molecule has 11 heteroatoms. The van der Waals surface area contributed by atoms with E-state index in [1.54, 1.807) is 31.3 Å². The molecule has 0 aliphatic rings. The minimum atomic E-state index is -3.92. The fraction of sp³-hybridized carbons (Fsp3) is 0.0476. The number of H-pyrrole nitrogens is 1. The number of hydrogen-bond acceptors (Lipinski definition) is 5. The Morgan fingerprint density at radius 3 is 2.50 bits per heavy atom. The summed E-state index contributed by atoms with van der Waals surface area (Å²) in [5.74, 6) is 0.339. The van der Waals surface area contributed by atoms with Crippen LogP contribution >= 0.6 is 23.2 Å². The van der Waals surface area contributed by atoms with Crippen LogP contribution in [0.1, 0.15) is 5.56 Å². The van der Waals surface area contributed by atoms with Crippen molar-refractivity contribution >= 4 is 55.5 Å². The Balaban J connectivity index is 1.62. The average molecular weight is 492 g/mol. The Kier molecular flexibility index (Phi) is 5.72. The van der Waals surface area contributed by atoms with Crippen LogP contribution in [0.2, 0.25) is 10.0 Å².